The standard InChI is InChI=1S/C14H23FN2/c1-10(2)14(4,5)9-17-11(3)13-7-6-12(15)8-16-13/h6-8,10-11,17H,9H2,1-5H3. The first-order valence-electron chi connectivity index (χ1n) is 6.18. The smallest absolute Gasteiger partial charge is 0.141 e. The van der Waals surface area contributed by atoms with Crippen molar-refractivity contribution in [2.75, 3.05) is 6.54 Å². The Labute approximate surface area is 104 Å². The lowest BCUT2D eigenvalue weighted by atomic mass is 9.81. The van der Waals surface area contributed by atoms with E-state index >= 15 is 0 Å². The SMILES string of the molecule is CC(NCC(C)(C)C(C)C)c1ccc(F)cn1. The summed E-state index contributed by atoms with van der Waals surface area (Å²) >= 11 is 0. The van der Waals surface area contributed by atoms with E-state index in [1.54, 1.807) is 6.07 Å². The van der Waals surface area contributed by atoms with Crippen molar-refractivity contribution in [3.05, 3.63) is 29.8 Å². The van der Waals surface area contributed by atoms with Gasteiger partial charge in [-0.1, -0.05) is 27.7 Å². The predicted molar refractivity (Wildman–Crippen MR) is 69.2 cm³/mol. The molecule has 0 spiro atoms. The molecule has 2 nitrogen and oxygen atoms in total. The number of aromatic nitrogens is 1. The van der Waals surface area contributed by atoms with Crippen LogP contribution in [0.1, 0.15) is 46.4 Å². The molecule has 1 aromatic rings. The van der Waals surface area contributed by atoms with Crippen LogP contribution in [0.15, 0.2) is 18.3 Å². The van der Waals surface area contributed by atoms with Crippen molar-refractivity contribution in [1.82, 2.24) is 10.3 Å². The lowest BCUT2D eigenvalue weighted by Crippen LogP contribution is -2.35. The van der Waals surface area contributed by atoms with Crippen LogP contribution in [0, 0.1) is 17.2 Å². The average Bonchev–Trinajstić information content (AvgIpc) is 2.27. The van der Waals surface area contributed by atoms with Gasteiger partial charge in [-0.2, -0.15) is 0 Å². The van der Waals surface area contributed by atoms with Gasteiger partial charge >= 0.3 is 0 Å². The van der Waals surface area contributed by atoms with Crippen LogP contribution in [0.3, 0.4) is 0 Å². The van der Waals surface area contributed by atoms with Crippen molar-refractivity contribution < 1.29 is 4.39 Å². The van der Waals surface area contributed by atoms with Crippen LogP contribution in [0.2, 0.25) is 0 Å². The minimum atomic E-state index is -0.288. The fourth-order valence-electron chi connectivity index (χ4n) is 1.37. The minimum absolute atomic E-state index is 0.147. The molecule has 0 aliphatic heterocycles. The van der Waals surface area contributed by atoms with Crippen LogP contribution < -0.4 is 5.32 Å². The molecule has 17 heavy (non-hydrogen) atoms. The van der Waals surface area contributed by atoms with Gasteiger partial charge in [-0.15, -0.1) is 0 Å². The van der Waals surface area contributed by atoms with E-state index in [0.29, 0.717) is 5.92 Å². The number of nitrogens with one attached hydrogen (secondary N) is 1. The molecular formula is C14H23FN2. The van der Waals surface area contributed by atoms with Gasteiger partial charge in [0.15, 0.2) is 0 Å². The third-order valence-corrected chi connectivity index (χ3v) is 3.62. The number of hydrogen-bond acceptors (Lipinski definition) is 2. The number of rotatable bonds is 5. The van der Waals surface area contributed by atoms with Crippen molar-refractivity contribution in [3.63, 3.8) is 0 Å². The summed E-state index contributed by atoms with van der Waals surface area (Å²) in [6.45, 7) is 11.9. The molecule has 0 aliphatic rings. The second-order valence-electron chi connectivity index (χ2n) is 5.65. The molecule has 0 radical (unpaired) electrons. The van der Waals surface area contributed by atoms with Crippen LogP contribution in [-0.4, -0.2) is 11.5 Å². The normalized spacial score (nSPS) is 14.1. The molecule has 1 rings (SSSR count). The maximum absolute atomic E-state index is 12.7. The molecule has 1 aromatic heterocycles. The van der Waals surface area contributed by atoms with Crippen molar-refractivity contribution >= 4 is 0 Å². The Hall–Kier alpha value is -0.960. The summed E-state index contributed by atoms with van der Waals surface area (Å²) < 4.78 is 12.7. The Bertz CT molecular complexity index is 344. The predicted octanol–water partition coefficient (Wildman–Crippen LogP) is 3.55. The number of pyridine rings is 1. The third kappa shape index (κ3) is 4.08. The van der Waals surface area contributed by atoms with E-state index < -0.39 is 0 Å². The van der Waals surface area contributed by atoms with Crippen LogP contribution >= 0.6 is 0 Å². The van der Waals surface area contributed by atoms with E-state index in [-0.39, 0.29) is 17.3 Å². The second-order valence-corrected chi connectivity index (χ2v) is 5.65. The quantitative estimate of drug-likeness (QED) is 0.848. The summed E-state index contributed by atoms with van der Waals surface area (Å²) in [6, 6.07) is 3.33. The summed E-state index contributed by atoms with van der Waals surface area (Å²) in [5.41, 5.74) is 1.12. The molecule has 96 valence electrons. The van der Waals surface area contributed by atoms with E-state index in [4.69, 9.17) is 0 Å². The zero-order valence-corrected chi connectivity index (χ0v) is 11.4. The molecule has 1 unspecified atom stereocenters. The Morgan fingerprint density at radius 3 is 2.41 bits per heavy atom. The van der Waals surface area contributed by atoms with Gasteiger partial charge in [-0.3, -0.25) is 4.98 Å². The Kier molecular flexibility index (Phi) is 4.63. The molecular weight excluding hydrogens is 215 g/mol. The van der Waals surface area contributed by atoms with Gasteiger partial charge in [0.2, 0.25) is 0 Å². The molecule has 0 saturated heterocycles. The first-order valence-corrected chi connectivity index (χ1v) is 6.18. The van der Waals surface area contributed by atoms with Gasteiger partial charge < -0.3 is 5.32 Å². The zero-order chi connectivity index (χ0) is 13.1. The van der Waals surface area contributed by atoms with Gasteiger partial charge in [0.25, 0.3) is 0 Å². The Morgan fingerprint density at radius 2 is 1.94 bits per heavy atom. The first-order chi connectivity index (χ1) is 7.83. The Morgan fingerprint density at radius 1 is 1.29 bits per heavy atom. The summed E-state index contributed by atoms with van der Waals surface area (Å²) in [5, 5.41) is 3.46. The van der Waals surface area contributed by atoms with Crippen molar-refractivity contribution in [1.29, 1.82) is 0 Å². The summed E-state index contributed by atoms with van der Waals surface area (Å²) in [5.74, 6) is 0.326. The molecule has 0 aromatic carbocycles. The lowest BCUT2D eigenvalue weighted by Gasteiger charge is -2.31. The molecule has 1 atom stereocenters. The fraction of sp³-hybridized carbons (Fsp3) is 0.643. The molecule has 0 amide bonds. The van der Waals surface area contributed by atoms with E-state index in [9.17, 15) is 4.39 Å². The molecule has 1 N–H and O–H groups in total. The van der Waals surface area contributed by atoms with Gasteiger partial charge in [0, 0.05) is 12.6 Å². The largest absolute Gasteiger partial charge is 0.308 e. The maximum atomic E-state index is 12.7. The highest BCUT2D eigenvalue weighted by molar-refractivity contribution is 5.09. The molecule has 0 aliphatic carbocycles. The van der Waals surface area contributed by atoms with Crippen LogP contribution in [0.25, 0.3) is 0 Å². The number of hydrogen-bond donors (Lipinski definition) is 1. The van der Waals surface area contributed by atoms with Crippen molar-refractivity contribution in [3.8, 4) is 0 Å². The molecule has 0 bridgehead atoms. The van der Waals surface area contributed by atoms with E-state index in [1.165, 1.54) is 12.3 Å². The summed E-state index contributed by atoms with van der Waals surface area (Å²) in [6.07, 6.45) is 1.26. The highest BCUT2D eigenvalue weighted by atomic mass is 19.1. The lowest BCUT2D eigenvalue weighted by molar-refractivity contribution is 0.230. The van der Waals surface area contributed by atoms with Gasteiger partial charge in [0.05, 0.1) is 11.9 Å². The van der Waals surface area contributed by atoms with Gasteiger partial charge in [-0.25, -0.2) is 4.39 Å². The molecule has 3 heteroatoms. The average molecular weight is 238 g/mol. The van der Waals surface area contributed by atoms with Crippen LogP contribution in [-0.2, 0) is 0 Å². The molecule has 1 heterocycles. The van der Waals surface area contributed by atoms with E-state index in [0.717, 1.165) is 12.2 Å². The van der Waals surface area contributed by atoms with Crippen molar-refractivity contribution in [2.24, 2.45) is 11.3 Å². The Balaban J connectivity index is 2.55. The van der Waals surface area contributed by atoms with Gasteiger partial charge in [-0.05, 0) is 30.4 Å². The number of halogens is 1. The van der Waals surface area contributed by atoms with Crippen LogP contribution in [0.5, 0.6) is 0 Å². The fourth-order valence-corrected chi connectivity index (χ4v) is 1.37. The third-order valence-electron chi connectivity index (χ3n) is 3.62. The molecule has 0 saturated carbocycles. The summed E-state index contributed by atoms with van der Waals surface area (Å²) in [7, 11) is 0. The first kappa shape index (κ1) is 14.1. The highest BCUT2D eigenvalue weighted by Crippen LogP contribution is 2.25. The molecule has 0 fully saturated rings. The monoisotopic (exact) mass is 238 g/mol. The zero-order valence-electron chi connectivity index (χ0n) is 11.4. The highest BCUT2D eigenvalue weighted by Gasteiger charge is 2.22. The van der Waals surface area contributed by atoms with Crippen LogP contribution in [0.4, 0.5) is 4.39 Å². The second kappa shape index (κ2) is 5.58. The van der Waals surface area contributed by atoms with Gasteiger partial charge in [0.1, 0.15) is 5.82 Å². The summed E-state index contributed by atoms with van der Waals surface area (Å²) in [4.78, 5) is 4.09. The number of nitrogens with zero attached hydrogens (tertiary/aromatic N) is 1. The minimum Gasteiger partial charge on any atom is -0.308 e. The topological polar surface area (TPSA) is 24.9 Å². The maximum Gasteiger partial charge on any atom is 0.141 e. The van der Waals surface area contributed by atoms with E-state index in [2.05, 4.69) is 44.9 Å². The van der Waals surface area contributed by atoms with E-state index in [1.807, 2.05) is 0 Å². The van der Waals surface area contributed by atoms with Crippen molar-refractivity contribution in [2.45, 2.75) is 40.7 Å².